The lowest BCUT2D eigenvalue weighted by Gasteiger charge is -2.39. The molecule has 0 amide bonds. The predicted octanol–water partition coefficient (Wildman–Crippen LogP) is 19.7. The Kier molecular flexibility index (Phi) is 10.5. The zero-order chi connectivity index (χ0) is 59.6. The van der Waals surface area contributed by atoms with Crippen LogP contribution in [0, 0.1) is 0 Å². The summed E-state index contributed by atoms with van der Waals surface area (Å²) in [6, 6.07) is 131. The van der Waals surface area contributed by atoms with Crippen molar-refractivity contribution in [3.63, 3.8) is 0 Å². The highest BCUT2D eigenvalue weighted by atomic mass is 28.3. The third-order valence-electron chi connectivity index (χ3n) is 21.6. The number of hydrogen-bond donors (Lipinski definition) is 0. The molecule has 420 valence electrons. The fraction of sp³-hybridized carbons (Fsp3) is 0.0222. The Balaban J connectivity index is 0.887. The van der Waals surface area contributed by atoms with Gasteiger partial charge in [-0.05, 0) is 187 Å². The second-order valence-electron chi connectivity index (χ2n) is 25.5. The Hall–Kier alpha value is -11.2. The Labute approximate surface area is 530 Å². The number of benzene rings is 16. The molecule has 16 aromatic carbocycles. The molecule has 1 heteroatoms. The van der Waals surface area contributed by atoms with Gasteiger partial charge in [0.05, 0.1) is 10.8 Å². The molecule has 4 aliphatic carbocycles. The molecule has 4 aliphatic rings. The molecule has 0 aromatic heterocycles. The van der Waals surface area contributed by atoms with Crippen molar-refractivity contribution in [1.29, 1.82) is 0 Å². The Morgan fingerprint density at radius 1 is 0.176 bits per heavy atom. The second-order valence-corrected chi connectivity index (χ2v) is 29.1. The van der Waals surface area contributed by atoms with Crippen LogP contribution in [0.2, 0.25) is 0 Å². The van der Waals surface area contributed by atoms with E-state index < -0.39 is 18.9 Å². The van der Waals surface area contributed by atoms with E-state index in [2.05, 4.69) is 340 Å². The second kappa shape index (κ2) is 18.9. The van der Waals surface area contributed by atoms with Gasteiger partial charge in [-0.3, -0.25) is 0 Å². The van der Waals surface area contributed by atoms with Gasteiger partial charge >= 0.3 is 0 Å². The molecule has 0 heterocycles. The Bertz CT molecular complexity index is 5190. The van der Waals surface area contributed by atoms with Crippen LogP contribution in [0.25, 0.3) is 110 Å². The van der Waals surface area contributed by atoms with Crippen LogP contribution in [-0.4, -0.2) is 8.07 Å². The summed E-state index contributed by atoms with van der Waals surface area (Å²) in [6.07, 6.45) is 0. The maximum Gasteiger partial charge on any atom is 0.182 e. The maximum atomic E-state index is 2.59. The van der Waals surface area contributed by atoms with Crippen molar-refractivity contribution in [2.45, 2.75) is 10.8 Å². The monoisotopic (exact) mass is 1160 g/mol. The molecule has 20 rings (SSSR count). The number of hydrogen-bond acceptors (Lipinski definition) is 0. The van der Waals surface area contributed by atoms with Gasteiger partial charge in [-0.25, -0.2) is 0 Å². The molecule has 0 saturated carbocycles. The van der Waals surface area contributed by atoms with E-state index in [0.29, 0.717) is 0 Å². The summed E-state index contributed by atoms with van der Waals surface area (Å²) in [6.45, 7) is 0. The fourth-order valence-corrected chi connectivity index (χ4v) is 24.0. The van der Waals surface area contributed by atoms with E-state index in [0.717, 1.165) is 0 Å². The van der Waals surface area contributed by atoms with Gasteiger partial charge in [0, 0.05) is 0 Å². The molecule has 0 N–H and O–H groups in total. The van der Waals surface area contributed by atoms with Gasteiger partial charge < -0.3 is 0 Å². The molecule has 0 saturated heterocycles. The van der Waals surface area contributed by atoms with Crippen molar-refractivity contribution in [3.8, 4) is 66.8 Å². The van der Waals surface area contributed by atoms with E-state index in [9.17, 15) is 0 Å². The summed E-state index contributed by atoms with van der Waals surface area (Å²) in [4.78, 5) is 0. The lowest BCUT2D eigenvalue weighted by atomic mass is 9.70. The molecule has 0 bridgehead atoms. The van der Waals surface area contributed by atoms with Crippen LogP contribution in [0.1, 0.15) is 44.5 Å². The van der Waals surface area contributed by atoms with Gasteiger partial charge in [0.2, 0.25) is 0 Å². The zero-order valence-electron chi connectivity index (χ0n) is 49.8. The molecule has 0 nitrogen and oxygen atoms in total. The highest BCUT2D eigenvalue weighted by Crippen LogP contribution is 2.65. The first kappa shape index (κ1) is 50.7. The minimum Gasteiger partial charge on any atom is -0.0623 e. The first-order valence-electron chi connectivity index (χ1n) is 32.1. The van der Waals surface area contributed by atoms with Crippen molar-refractivity contribution >= 4 is 71.9 Å². The summed E-state index contributed by atoms with van der Waals surface area (Å²) in [5.74, 6) is 0. The summed E-state index contributed by atoms with van der Waals surface area (Å²) < 4.78 is 0. The van der Waals surface area contributed by atoms with Gasteiger partial charge in [0.1, 0.15) is 0 Å². The highest BCUT2D eigenvalue weighted by molar-refractivity contribution is 7.23. The van der Waals surface area contributed by atoms with Crippen LogP contribution >= 0.6 is 0 Å². The van der Waals surface area contributed by atoms with Gasteiger partial charge in [0.25, 0.3) is 0 Å². The van der Waals surface area contributed by atoms with Crippen molar-refractivity contribution in [2.75, 3.05) is 0 Å². The van der Waals surface area contributed by atoms with Gasteiger partial charge in [-0.1, -0.05) is 328 Å². The van der Waals surface area contributed by atoms with Crippen LogP contribution in [0.3, 0.4) is 0 Å². The predicted molar refractivity (Wildman–Crippen MR) is 384 cm³/mol. The van der Waals surface area contributed by atoms with Crippen molar-refractivity contribution in [1.82, 2.24) is 0 Å². The van der Waals surface area contributed by atoms with E-state index in [1.165, 1.54) is 175 Å². The smallest absolute Gasteiger partial charge is 0.0623 e. The Morgan fingerprint density at radius 3 is 0.670 bits per heavy atom. The van der Waals surface area contributed by atoms with Crippen LogP contribution in [-0.2, 0) is 10.8 Å². The van der Waals surface area contributed by atoms with Crippen molar-refractivity contribution in [3.05, 3.63) is 384 Å². The molecule has 0 atom stereocenters. The summed E-state index contributed by atoms with van der Waals surface area (Å²) >= 11 is 0. The molecular formula is C90H56Si. The molecule has 0 aliphatic heterocycles. The molecular weight excluding hydrogens is 1110 g/mol. The van der Waals surface area contributed by atoms with Crippen molar-refractivity contribution in [2.24, 2.45) is 0 Å². The van der Waals surface area contributed by atoms with Crippen LogP contribution in [0.5, 0.6) is 0 Å². The average Bonchev–Trinajstić information content (AvgIpc) is 1.65. The molecule has 0 fully saturated rings. The Morgan fingerprint density at radius 2 is 0.396 bits per heavy atom. The summed E-state index contributed by atoms with van der Waals surface area (Å²) in [7, 11) is -3.54. The number of rotatable bonds is 6. The molecule has 0 unspecified atom stereocenters. The molecule has 0 radical (unpaired) electrons. The summed E-state index contributed by atoms with van der Waals surface area (Å²) in [5, 5.41) is 15.6. The minimum atomic E-state index is -3.54. The molecule has 16 aromatic rings. The van der Waals surface area contributed by atoms with E-state index in [4.69, 9.17) is 0 Å². The number of fused-ring (bicyclic) bond motifs is 24. The van der Waals surface area contributed by atoms with Gasteiger partial charge in [0.15, 0.2) is 8.07 Å². The lowest BCUT2D eigenvalue weighted by molar-refractivity contribution is 0.794. The van der Waals surface area contributed by atoms with Gasteiger partial charge in [-0.2, -0.15) is 0 Å². The first-order valence-corrected chi connectivity index (χ1v) is 34.1. The maximum absolute atomic E-state index is 3.54. The van der Waals surface area contributed by atoms with E-state index in [-0.39, 0.29) is 0 Å². The zero-order valence-corrected chi connectivity index (χ0v) is 50.8. The van der Waals surface area contributed by atoms with Crippen molar-refractivity contribution < 1.29 is 0 Å². The molecule has 2 spiro atoms. The molecule has 91 heavy (non-hydrogen) atoms. The van der Waals surface area contributed by atoms with Crippen LogP contribution in [0.15, 0.2) is 340 Å². The van der Waals surface area contributed by atoms with Gasteiger partial charge in [-0.15, -0.1) is 0 Å². The first-order chi connectivity index (χ1) is 45.2. The summed E-state index contributed by atoms with van der Waals surface area (Å²) in [5.41, 5.74) is 25.3. The lowest BCUT2D eigenvalue weighted by Crippen LogP contribution is -2.75. The van der Waals surface area contributed by atoms with Crippen LogP contribution < -0.4 is 20.7 Å². The largest absolute Gasteiger partial charge is 0.182 e. The quantitative estimate of drug-likeness (QED) is 0.0884. The van der Waals surface area contributed by atoms with E-state index in [1.54, 1.807) is 0 Å². The normalized spacial score (nSPS) is 13.9. The topological polar surface area (TPSA) is 0 Å². The third-order valence-corrected chi connectivity index (χ3v) is 26.6. The minimum absolute atomic E-state index is 0.475. The van der Waals surface area contributed by atoms with E-state index >= 15 is 0 Å². The standard InChI is InChI=1S/C90H56Si/c1-3-27-59(28-4-1)91(60-29-5-2-6-30-60,87-73-41-11-7-37-69(73)85(70-38-8-12-42-74(70)87)57-51-53-67-65-35-19-25-49-81(65)89(83(67)55-57)77-45-21-15-31-61(77)62-32-16-22-46-78(62)89)88-75-43-13-9-39-71(75)86(72-40-10-14-44-76(72)88)58-52-54-68-66-36-20-26-50-82(66)90(84(68)56-58)79-47-23-17-33-63(79)64-34-18-24-48-80(64)90/h1-56H. The fourth-order valence-electron chi connectivity index (χ4n) is 18.4. The van der Waals surface area contributed by atoms with E-state index in [1.807, 2.05) is 0 Å². The van der Waals surface area contributed by atoms with Crippen LogP contribution in [0.4, 0.5) is 0 Å². The third kappa shape index (κ3) is 6.43. The SMILES string of the molecule is c1ccc([Si](c2ccccc2)(c2c3ccccc3c(-c3ccc4c(c3)C3(c5ccccc5-c5ccccc53)c3ccccc3-4)c3ccccc23)c2c3ccccc3c(-c3ccc4c(c3)C3(c5ccccc5-c5ccccc53)c3ccccc3-4)c3ccccc23)cc1. The highest BCUT2D eigenvalue weighted by Gasteiger charge is 2.54. The average molecular weight is 1170 g/mol.